The summed E-state index contributed by atoms with van der Waals surface area (Å²) in [7, 11) is 0. The van der Waals surface area contributed by atoms with E-state index in [-0.39, 0.29) is 0 Å². The van der Waals surface area contributed by atoms with Crippen LogP contribution in [0.3, 0.4) is 0 Å². The zero-order valence-electron chi connectivity index (χ0n) is 5.10. The third kappa shape index (κ3) is 7.61. The van der Waals surface area contributed by atoms with E-state index < -0.39 is 0 Å². The van der Waals surface area contributed by atoms with Gasteiger partial charge in [0.25, 0.3) is 0 Å². The van der Waals surface area contributed by atoms with Gasteiger partial charge < -0.3 is 9.47 Å². The lowest BCUT2D eigenvalue weighted by Crippen LogP contribution is -2.03. The number of halogens is 1. The molecule has 0 bridgehead atoms. The molecule has 0 amide bonds. The van der Waals surface area contributed by atoms with Crippen LogP contribution in [-0.4, -0.2) is 25.7 Å². The van der Waals surface area contributed by atoms with Crippen molar-refractivity contribution in [1.29, 1.82) is 0 Å². The van der Waals surface area contributed by atoms with Gasteiger partial charge in [-0.3, -0.25) is 0 Å². The number of hydrogen-bond acceptors (Lipinski definition) is 2. The van der Waals surface area contributed by atoms with E-state index in [0.29, 0.717) is 25.7 Å². The van der Waals surface area contributed by atoms with Crippen LogP contribution in [0.25, 0.3) is 0 Å². The highest BCUT2D eigenvalue weighted by Crippen LogP contribution is 1.78. The first-order chi connectivity index (χ1) is 4.41. The van der Waals surface area contributed by atoms with Gasteiger partial charge in [0, 0.05) is 5.88 Å². The molecule has 0 aliphatic carbocycles. The van der Waals surface area contributed by atoms with E-state index in [1.807, 2.05) is 6.11 Å². The largest absolute Gasteiger partial charge is 0.444 e. The summed E-state index contributed by atoms with van der Waals surface area (Å²) < 4.78 is 9.47. The SMILES string of the molecule is C#COCCOCCCl. The molecule has 0 saturated heterocycles. The van der Waals surface area contributed by atoms with Gasteiger partial charge in [0.1, 0.15) is 12.7 Å². The molecular formula is C6H9ClO2. The molecule has 0 rings (SSSR count). The van der Waals surface area contributed by atoms with Crippen molar-refractivity contribution in [2.75, 3.05) is 25.7 Å². The van der Waals surface area contributed by atoms with Crippen molar-refractivity contribution >= 4 is 11.6 Å². The van der Waals surface area contributed by atoms with E-state index in [9.17, 15) is 0 Å². The third-order valence-electron chi connectivity index (χ3n) is 0.635. The Balaban J connectivity index is 2.69. The lowest BCUT2D eigenvalue weighted by atomic mass is 10.7. The predicted octanol–water partition coefficient (Wildman–Crippen LogP) is 0.849. The third-order valence-corrected chi connectivity index (χ3v) is 0.789. The molecule has 3 heteroatoms. The normalized spacial score (nSPS) is 8.44. The molecule has 9 heavy (non-hydrogen) atoms. The Kier molecular flexibility index (Phi) is 7.28. The quantitative estimate of drug-likeness (QED) is 0.327. The standard InChI is InChI=1S/C6H9ClO2/c1-2-8-5-6-9-4-3-7/h1H,3-6H2. The molecule has 0 aliphatic rings. The lowest BCUT2D eigenvalue weighted by Gasteiger charge is -1.98. The summed E-state index contributed by atoms with van der Waals surface area (Å²) >= 11 is 5.31. The van der Waals surface area contributed by atoms with E-state index in [1.165, 1.54) is 0 Å². The van der Waals surface area contributed by atoms with Gasteiger partial charge in [-0.1, -0.05) is 6.42 Å². The highest BCUT2D eigenvalue weighted by atomic mass is 35.5. The second-order valence-corrected chi connectivity index (χ2v) is 1.65. The minimum Gasteiger partial charge on any atom is -0.444 e. The summed E-state index contributed by atoms with van der Waals surface area (Å²) in [6.45, 7) is 1.50. The van der Waals surface area contributed by atoms with E-state index in [2.05, 4.69) is 4.74 Å². The molecule has 0 N–H and O–H groups in total. The first-order valence-corrected chi connectivity index (χ1v) is 3.16. The summed E-state index contributed by atoms with van der Waals surface area (Å²) in [6.07, 6.45) is 6.82. The van der Waals surface area contributed by atoms with Crippen LogP contribution in [-0.2, 0) is 9.47 Å². The van der Waals surface area contributed by atoms with Crippen LogP contribution >= 0.6 is 11.6 Å². The van der Waals surface area contributed by atoms with Crippen LogP contribution in [0, 0.1) is 12.5 Å². The van der Waals surface area contributed by atoms with Gasteiger partial charge >= 0.3 is 0 Å². The Morgan fingerprint density at radius 3 is 2.67 bits per heavy atom. The van der Waals surface area contributed by atoms with Crippen molar-refractivity contribution in [2.45, 2.75) is 0 Å². The molecule has 52 valence electrons. The van der Waals surface area contributed by atoms with Crippen molar-refractivity contribution in [3.8, 4) is 12.5 Å². The highest BCUT2D eigenvalue weighted by molar-refractivity contribution is 6.17. The number of terminal acetylenes is 1. The maximum Gasteiger partial charge on any atom is 0.123 e. The van der Waals surface area contributed by atoms with Crippen LogP contribution in [0.15, 0.2) is 0 Å². The number of rotatable bonds is 5. The summed E-state index contributed by atoms with van der Waals surface area (Å²) in [5.41, 5.74) is 0. The molecule has 0 saturated carbocycles. The fraction of sp³-hybridized carbons (Fsp3) is 0.667. The van der Waals surface area contributed by atoms with Gasteiger partial charge in [-0.05, 0) is 0 Å². The summed E-state index contributed by atoms with van der Waals surface area (Å²) in [4.78, 5) is 0. The first-order valence-electron chi connectivity index (χ1n) is 2.63. The maximum atomic E-state index is 5.31. The highest BCUT2D eigenvalue weighted by Gasteiger charge is 1.84. The molecule has 0 fully saturated rings. The minimum absolute atomic E-state index is 0.438. The predicted molar refractivity (Wildman–Crippen MR) is 36.3 cm³/mol. The average molecular weight is 149 g/mol. The van der Waals surface area contributed by atoms with Gasteiger partial charge in [0.15, 0.2) is 0 Å². The van der Waals surface area contributed by atoms with Gasteiger partial charge in [-0.2, -0.15) is 0 Å². The molecule has 0 radical (unpaired) electrons. The van der Waals surface area contributed by atoms with Crippen molar-refractivity contribution < 1.29 is 9.47 Å². The summed E-state index contributed by atoms with van der Waals surface area (Å²) in [5.74, 6) is 0.510. The molecular weight excluding hydrogens is 140 g/mol. The molecule has 0 unspecified atom stereocenters. The number of hydrogen-bond donors (Lipinski definition) is 0. The van der Waals surface area contributed by atoms with Crippen molar-refractivity contribution in [1.82, 2.24) is 0 Å². The van der Waals surface area contributed by atoms with Gasteiger partial charge in [0.05, 0.1) is 13.2 Å². The fourth-order valence-electron chi connectivity index (χ4n) is 0.316. The average Bonchev–Trinajstić information content (AvgIpc) is 1.89. The van der Waals surface area contributed by atoms with E-state index in [0.717, 1.165) is 0 Å². The summed E-state index contributed by atoms with van der Waals surface area (Å²) in [6, 6.07) is 0. The van der Waals surface area contributed by atoms with Crippen molar-refractivity contribution in [3.05, 3.63) is 0 Å². The Morgan fingerprint density at radius 1 is 1.33 bits per heavy atom. The fourth-order valence-corrected chi connectivity index (χ4v) is 0.425. The zero-order valence-corrected chi connectivity index (χ0v) is 5.86. The van der Waals surface area contributed by atoms with Crippen molar-refractivity contribution in [3.63, 3.8) is 0 Å². The molecule has 0 atom stereocenters. The summed E-state index contributed by atoms with van der Waals surface area (Å²) in [5, 5.41) is 0. The minimum atomic E-state index is 0.438. The molecule has 2 nitrogen and oxygen atoms in total. The Hall–Kier alpha value is -0.390. The van der Waals surface area contributed by atoms with Gasteiger partial charge in [-0.25, -0.2) is 0 Å². The lowest BCUT2D eigenvalue weighted by molar-refractivity contribution is 0.101. The molecule has 0 aromatic rings. The van der Waals surface area contributed by atoms with Crippen LogP contribution < -0.4 is 0 Å². The molecule has 0 aromatic heterocycles. The molecule has 0 spiro atoms. The number of alkyl halides is 1. The second-order valence-electron chi connectivity index (χ2n) is 1.27. The van der Waals surface area contributed by atoms with Crippen LogP contribution in [0.5, 0.6) is 0 Å². The Morgan fingerprint density at radius 2 is 2.11 bits per heavy atom. The Labute approximate surface area is 60.1 Å². The van der Waals surface area contributed by atoms with Crippen LogP contribution in [0.4, 0.5) is 0 Å². The second kappa shape index (κ2) is 7.61. The van der Waals surface area contributed by atoms with E-state index >= 15 is 0 Å². The van der Waals surface area contributed by atoms with Gasteiger partial charge in [0.2, 0.25) is 0 Å². The van der Waals surface area contributed by atoms with E-state index in [4.69, 9.17) is 22.8 Å². The van der Waals surface area contributed by atoms with Crippen LogP contribution in [0.1, 0.15) is 0 Å². The van der Waals surface area contributed by atoms with Gasteiger partial charge in [-0.15, -0.1) is 11.6 Å². The Bertz CT molecular complexity index is 87.5. The maximum absolute atomic E-state index is 5.31. The molecule has 0 aromatic carbocycles. The monoisotopic (exact) mass is 148 g/mol. The molecule has 0 heterocycles. The smallest absolute Gasteiger partial charge is 0.123 e. The zero-order chi connectivity index (χ0) is 6.95. The first kappa shape index (κ1) is 8.61. The molecule has 0 aliphatic heterocycles. The van der Waals surface area contributed by atoms with Crippen molar-refractivity contribution in [2.24, 2.45) is 0 Å². The van der Waals surface area contributed by atoms with E-state index in [1.54, 1.807) is 0 Å². The van der Waals surface area contributed by atoms with Crippen LogP contribution in [0.2, 0.25) is 0 Å². The number of ether oxygens (including phenoxy) is 2. The topological polar surface area (TPSA) is 18.5 Å².